The lowest BCUT2D eigenvalue weighted by Crippen LogP contribution is -2.51. The molecule has 3 unspecified atom stereocenters. The topological polar surface area (TPSA) is 44.7 Å². The normalized spacial score (nSPS) is 22.2. The maximum atomic E-state index is 9.88. The van der Waals surface area contributed by atoms with Crippen molar-refractivity contribution in [2.24, 2.45) is 5.92 Å². The van der Waals surface area contributed by atoms with Crippen molar-refractivity contribution >= 4 is 0 Å². The highest BCUT2D eigenvalue weighted by Gasteiger charge is 2.25. The van der Waals surface area contributed by atoms with Gasteiger partial charge in [-0.05, 0) is 31.4 Å². The fraction of sp³-hybridized carbons (Fsp3) is 0.684. The number of rotatable bonds is 8. The Labute approximate surface area is 140 Å². The van der Waals surface area contributed by atoms with E-state index in [-0.39, 0.29) is 12.2 Å². The van der Waals surface area contributed by atoms with Gasteiger partial charge in [-0.3, -0.25) is 4.90 Å². The summed E-state index contributed by atoms with van der Waals surface area (Å²) < 4.78 is 5.95. The van der Waals surface area contributed by atoms with Crippen molar-refractivity contribution < 1.29 is 9.84 Å². The Morgan fingerprint density at radius 1 is 1.26 bits per heavy atom. The maximum Gasteiger partial charge on any atom is 0.0852 e. The maximum absolute atomic E-state index is 9.88. The average Bonchev–Trinajstić information content (AvgIpc) is 2.55. The van der Waals surface area contributed by atoms with Crippen LogP contribution in [0.4, 0.5) is 0 Å². The molecule has 1 aliphatic rings. The first kappa shape index (κ1) is 18.4. The standard InChI is InChI=1S/C19H32N2O2/c1-15(2)18(22)9-10-20-16(3)19-14-21(11-12-23-19)13-17-7-5-4-6-8-17/h4-8,15-16,18-20,22H,9-14H2,1-3H3. The number of hydrogen-bond acceptors (Lipinski definition) is 4. The third-order valence-electron chi connectivity index (χ3n) is 4.66. The molecular formula is C19H32N2O2. The quantitative estimate of drug-likeness (QED) is 0.771. The molecule has 4 nitrogen and oxygen atoms in total. The molecular weight excluding hydrogens is 288 g/mol. The van der Waals surface area contributed by atoms with Gasteiger partial charge in [0.25, 0.3) is 0 Å². The molecule has 0 amide bonds. The second kappa shape index (κ2) is 9.38. The Balaban J connectivity index is 1.74. The third-order valence-corrected chi connectivity index (χ3v) is 4.66. The van der Waals surface area contributed by atoms with Gasteiger partial charge in [0, 0.05) is 25.7 Å². The highest BCUT2D eigenvalue weighted by Crippen LogP contribution is 2.13. The minimum absolute atomic E-state index is 0.212. The van der Waals surface area contributed by atoms with E-state index >= 15 is 0 Å². The van der Waals surface area contributed by atoms with Gasteiger partial charge in [-0.1, -0.05) is 44.2 Å². The second-order valence-corrected chi connectivity index (χ2v) is 6.97. The van der Waals surface area contributed by atoms with Crippen LogP contribution in [0.2, 0.25) is 0 Å². The summed E-state index contributed by atoms with van der Waals surface area (Å²) in [6.07, 6.45) is 0.780. The molecule has 1 aromatic carbocycles. The van der Waals surface area contributed by atoms with Crippen LogP contribution in [0.25, 0.3) is 0 Å². The Hall–Kier alpha value is -0.940. The molecule has 0 radical (unpaired) electrons. The zero-order chi connectivity index (χ0) is 16.7. The molecule has 0 aromatic heterocycles. The van der Waals surface area contributed by atoms with Crippen molar-refractivity contribution in [2.75, 3.05) is 26.2 Å². The first-order valence-electron chi connectivity index (χ1n) is 8.85. The number of aliphatic hydroxyl groups excluding tert-OH is 1. The van der Waals surface area contributed by atoms with Crippen molar-refractivity contribution in [3.8, 4) is 0 Å². The number of hydrogen-bond donors (Lipinski definition) is 2. The fourth-order valence-electron chi connectivity index (χ4n) is 2.94. The SMILES string of the molecule is CC(C)C(O)CCNC(C)C1CN(Cc2ccccc2)CCO1. The van der Waals surface area contributed by atoms with Crippen LogP contribution in [-0.2, 0) is 11.3 Å². The van der Waals surface area contributed by atoms with E-state index in [0.29, 0.717) is 12.0 Å². The number of aliphatic hydroxyl groups is 1. The van der Waals surface area contributed by atoms with Crippen LogP contribution in [0, 0.1) is 5.92 Å². The molecule has 0 saturated carbocycles. The van der Waals surface area contributed by atoms with Gasteiger partial charge in [0.05, 0.1) is 18.8 Å². The lowest BCUT2D eigenvalue weighted by Gasteiger charge is -2.36. The van der Waals surface area contributed by atoms with Gasteiger partial charge in [0.15, 0.2) is 0 Å². The Morgan fingerprint density at radius 2 is 2.00 bits per heavy atom. The van der Waals surface area contributed by atoms with Gasteiger partial charge in [0.2, 0.25) is 0 Å². The lowest BCUT2D eigenvalue weighted by atomic mass is 10.0. The van der Waals surface area contributed by atoms with E-state index in [1.54, 1.807) is 0 Å². The van der Waals surface area contributed by atoms with E-state index in [1.165, 1.54) is 5.56 Å². The van der Waals surface area contributed by atoms with Crippen LogP contribution >= 0.6 is 0 Å². The molecule has 1 saturated heterocycles. The molecule has 2 N–H and O–H groups in total. The Kier molecular flexibility index (Phi) is 7.50. The van der Waals surface area contributed by atoms with E-state index in [2.05, 4.69) is 61.3 Å². The molecule has 1 aromatic rings. The number of benzene rings is 1. The van der Waals surface area contributed by atoms with Gasteiger partial charge < -0.3 is 15.2 Å². The monoisotopic (exact) mass is 320 g/mol. The number of nitrogens with zero attached hydrogens (tertiary/aromatic N) is 1. The van der Waals surface area contributed by atoms with Crippen molar-refractivity contribution in [1.29, 1.82) is 0 Å². The smallest absolute Gasteiger partial charge is 0.0852 e. The lowest BCUT2D eigenvalue weighted by molar-refractivity contribution is -0.0465. The van der Waals surface area contributed by atoms with Crippen LogP contribution in [0.1, 0.15) is 32.8 Å². The molecule has 0 aliphatic carbocycles. The highest BCUT2D eigenvalue weighted by atomic mass is 16.5. The summed E-state index contributed by atoms with van der Waals surface area (Å²) in [5.74, 6) is 0.319. The fourth-order valence-corrected chi connectivity index (χ4v) is 2.94. The summed E-state index contributed by atoms with van der Waals surface area (Å²) in [7, 11) is 0. The van der Waals surface area contributed by atoms with E-state index in [0.717, 1.165) is 39.2 Å². The minimum atomic E-state index is -0.225. The molecule has 0 bridgehead atoms. The van der Waals surface area contributed by atoms with Gasteiger partial charge in [0.1, 0.15) is 0 Å². The van der Waals surface area contributed by atoms with Crippen LogP contribution in [-0.4, -0.2) is 54.5 Å². The summed E-state index contributed by atoms with van der Waals surface area (Å²) >= 11 is 0. The largest absolute Gasteiger partial charge is 0.393 e. The second-order valence-electron chi connectivity index (χ2n) is 6.97. The molecule has 0 spiro atoms. The zero-order valence-corrected chi connectivity index (χ0v) is 14.7. The van der Waals surface area contributed by atoms with Crippen molar-refractivity contribution in [3.05, 3.63) is 35.9 Å². The molecule has 3 atom stereocenters. The first-order chi connectivity index (χ1) is 11.1. The summed E-state index contributed by atoms with van der Waals surface area (Å²) in [4.78, 5) is 2.46. The molecule has 130 valence electrons. The van der Waals surface area contributed by atoms with Gasteiger partial charge in [-0.15, -0.1) is 0 Å². The van der Waals surface area contributed by atoms with Gasteiger partial charge in [-0.25, -0.2) is 0 Å². The Bertz CT molecular complexity index is 438. The minimum Gasteiger partial charge on any atom is -0.393 e. The predicted octanol–water partition coefficient (Wildman–Crippen LogP) is 2.27. The zero-order valence-electron chi connectivity index (χ0n) is 14.7. The molecule has 1 fully saturated rings. The average molecular weight is 320 g/mol. The van der Waals surface area contributed by atoms with Crippen LogP contribution in [0.15, 0.2) is 30.3 Å². The van der Waals surface area contributed by atoms with Crippen molar-refractivity contribution in [2.45, 2.75) is 52.0 Å². The summed E-state index contributed by atoms with van der Waals surface area (Å²) in [5.41, 5.74) is 1.36. The van der Waals surface area contributed by atoms with Crippen molar-refractivity contribution in [3.63, 3.8) is 0 Å². The molecule has 1 heterocycles. The van der Waals surface area contributed by atoms with E-state index in [1.807, 2.05) is 0 Å². The van der Waals surface area contributed by atoms with Crippen LogP contribution < -0.4 is 5.32 Å². The number of nitrogens with one attached hydrogen (secondary N) is 1. The van der Waals surface area contributed by atoms with E-state index < -0.39 is 0 Å². The van der Waals surface area contributed by atoms with Gasteiger partial charge >= 0.3 is 0 Å². The van der Waals surface area contributed by atoms with Crippen LogP contribution in [0.5, 0.6) is 0 Å². The number of ether oxygens (including phenoxy) is 1. The van der Waals surface area contributed by atoms with Crippen molar-refractivity contribution in [1.82, 2.24) is 10.2 Å². The van der Waals surface area contributed by atoms with Crippen LogP contribution in [0.3, 0.4) is 0 Å². The number of morpholine rings is 1. The predicted molar refractivity (Wildman–Crippen MR) is 94.4 cm³/mol. The summed E-state index contributed by atoms with van der Waals surface area (Å²) in [6.45, 7) is 10.8. The summed E-state index contributed by atoms with van der Waals surface area (Å²) in [5, 5.41) is 13.4. The van der Waals surface area contributed by atoms with Gasteiger partial charge in [-0.2, -0.15) is 0 Å². The first-order valence-corrected chi connectivity index (χ1v) is 8.85. The van der Waals surface area contributed by atoms with E-state index in [4.69, 9.17) is 4.74 Å². The molecule has 1 aliphatic heterocycles. The molecule has 23 heavy (non-hydrogen) atoms. The highest BCUT2D eigenvalue weighted by molar-refractivity contribution is 5.14. The molecule has 2 rings (SSSR count). The third kappa shape index (κ3) is 6.22. The molecule has 4 heteroatoms. The van der Waals surface area contributed by atoms with E-state index in [9.17, 15) is 5.11 Å². The summed E-state index contributed by atoms with van der Waals surface area (Å²) in [6, 6.07) is 10.9. The Morgan fingerprint density at radius 3 is 2.70 bits per heavy atom.